The highest BCUT2D eigenvalue weighted by atomic mass is 16.6. The minimum absolute atomic E-state index is 0.0438. The van der Waals surface area contributed by atoms with Gasteiger partial charge in [0.2, 0.25) is 5.91 Å². The molecule has 64 valence electrons. The Morgan fingerprint density at radius 3 is 2.73 bits per heavy atom. The van der Waals surface area contributed by atoms with E-state index in [9.17, 15) is 4.79 Å². The van der Waals surface area contributed by atoms with Crippen LogP contribution in [0.3, 0.4) is 0 Å². The van der Waals surface area contributed by atoms with E-state index in [1.807, 2.05) is 0 Å². The van der Waals surface area contributed by atoms with Crippen LogP contribution in [0.5, 0.6) is 0 Å². The predicted octanol–water partition coefficient (Wildman–Crippen LogP) is -1.15. The van der Waals surface area contributed by atoms with Gasteiger partial charge < -0.3 is 11.5 Å². The third kappa shape index (κ3) is 5.38. The lowest BCUT2D eigenvalue weighted by atomic mass is 10.3. The Kier molecular flexibility index (Phi) is 4.24. The number of nitrogens with two attached hydrogens (primary N) is 2. The molecule has 0 aromatic heterocycles. The maximum atomic E-state index is 10.3. The van der Waals surface area contributed by atoms with Crippen LogP contribution in [-0.4, -0.2) is 18.6 Å². The van der Waals surface area contributed by atoms with Gasteiger partial charge in [-0.1, -0.05) is 6.58 Å². The summed E-state index contributed by atoms with van der Waals surface area (Å²) < 4.78 is 0. The molecule has 0 bridgehead atoms. The molecule has 0 radical (unpaired) electrons. The Morgan fingerprint density at radius 1 is 1.82 bits per heavy atom. The van der Waals surface area contributed by atoms with Crippen molar-refractivity contribution < 1.29 is 9.63 Å². The van der Waals surface area contributed by atoms with E-state index in [1.54, 1.807) is 6.92 Å². The maximum absolute atomic E-state index is 10.3. The largest absolute Gasteiger partial charge is 0.368 e. The maximum Gasteiger partial charge on any atom is 0.236 e. The second kappa shape index (κ2) is 4.70. The first-order valence-corrected chi connectivity index (χ1v) is 3.12. The number of rotatable bonds is 5. The molecule has 0 saturated heterocycles. The van der Waals surface area contributed by atoms with Gasteiger partial charge >= 0.3 is 0 Å². The fraction of sp³-hybridized carbons (Fsp3) is 0.500. The van der Waals surface area contributed by atoms with Crippen molar-refractivity contribution in [3.8, 4) is 0 Å². The van der Waals surface area contributed by atoms with Crippen molar-refractivity contribution in [2.45, 2.75) is 13.0 Å². The van der Waals surface area contributed by atoms with E-state index in [-0.39, 0.29) is 6.61 Å². The van der Waals surface area contributed by atoms with Crippen LogP contribution in [0, 0.1) is 0 Å². The van der Waals surface area contributed by atoms with Crippen LogP contribution < -0.4 is 16.9 Å². The second-order valence-corrected chi connectivity index (χ2v) is 2.20. The van der Waals surface area contributed by atoms with Crippen LogP contribution in [0.2, 0.25) is 0 Å². The fourth-order valence-corrected chi connectivity index (χ4v) is 0.337. The Labute approximate surface area is 65.3 Å². The number of hydrogen-bond donors (Lipinski definition) is 3. The minimum atomic E-state index is -0.776. The predicted molar refractivity (Wildman–Crippen MR) is 41.1 cm³/mol. The van der Waals surface area contributed by atoms with Gasteiger partial charge in [-0.15, -0.1) is 0 Å². The zero-order valence-corrected chi connectivity index (χ0v) is 6.46. The second-order valence-electron chi connectivity index (χ2n) is 2.20. The van der Waals surface area contributed by atoms with Crippen molar-refractivity contribution in [3.05, 3.63) is 12.3 Å². The van der Waals surface area contributed by atoms with Crippen LogP contribution >= 0.6 is 0 Å². The van der Waals surface area contributed by atoms with Crippen molar-refractivity contribution in [2.75, 3.05) is 6.61 Å². The molecule has 0 aliphatic rings. The van der Waals surface area contributed by atoms with Crippen molar-refractivity contribution >= 4 is 5.91 Å². The monoisotopic (exact) mass is 159 g/mol. The Bertz CT molecular complexity index is 158. The van der Waals surface area contributed by atoms with Crippen LogP contribution in [0.1, 0.15) is 6.92 Å². The van der Waals surface area contributed by atoms with Gasteiger partial charge in [-0.3, -0.25) is 15.1 Å². The number of nitrogens with one attached hydrogen (secondary N) is 1. The topological polar surface area (TPSA) is 90.4 Å². The van der Waals surface area contributed by atoms with Gasteiger partial charge in [-0.05, 0) is 6.92 Å². The number of allylic oxidation sites excluding steroid dienone is 1. The molecule has 1 atom stereocenters. The molecular formula is C6H13N3O2. The zero-order valence-electron chi connectivity index (χ0n) is 6.46. The lowest BCUT2D eigenvalue weighted by Gasteiger charge is -2.08. The standard InChI is InChI=1S/C6H13N3O2/c1-4(2)9-11-3-5(7)6(8)10/h5,9H,1,3,7H2,2H3,(H2,8,10). The Balaban J connectivity index is 3.39. The molecule has 0 rings (SSSR count). The number of carbonyl (C=O) groups is 1. The van der Waals surface area contributed by atoms with E-state index < -0.39 is 11.9 Å². The van der Waals surface area contributed by atoms with E-state index in [2.05, 4.69) is 12.1 Å². The SMILES string of the molecule is C=C(C)NOCC(N)C(N)=O. The van der Waals surface area contributed by atoms with Gasteiger partial charge in [-0.25, -0.2) is 0 Å². The van der Waals surface area contributed by atoms with E-state index in [0.29, 0.717) is 5.70 Å². The molecule has 0 aromatic rings. The summed E-state index contributed by atoms with van der Waals surface area (Å²) in [6, 6.07) is -0.776. The smallest absolute Gasteiger partial charge is 0.236 e. The van der Waals surface area contributed by atoms with Gasteiger partial charge in [0.25, 0.3) is 0 Å². The van der Waals surface area contributed by atoms with Crippen molar-refractivity contribution in [2.24, 2.45) is 11.5 Å². The first kappa shape index (κ1) is 9.93. The van der Waals surface area contributed by atoms with Crippen LogP contribution in [0.4, 0.5) is 0 Å². The molecule has 5 nitrogen and oxygen atoms in total. The average Bonchev–Trinajstić information content (AvgIpc) is 1.86. The van der Waals surface area contributed by atoms with Gasteiger partial charge in [0.1, 0.15) is 6.04 Å². The molecule has 1 amide bonds. The molecule has 5 heteroatoms. The van der Waals surface area contributed by atoms with E-state index >= 15 is 0 Å². The summed E-state index contributed by atoms with van der Waals surface area (Å²) in [5.41, 5.74) is 13.2. The summed E-state index contributed by atoms with van der Waals surface area (Å²) in [5.74, 6) is -0.589. The van der Waals surface area contributed by atoms with Crippen LogP contribution in [0.25, 0.3) is 0 Å². The van der Waals surface area contributed by atoms with Crippen LogP contribution in [0.15, 0.2) is 12.3 Å². The molecule has 5 N–H and O–H groups in total. The van der Waals surface area contributed by atoms with E-state index in [4.69, 9.17) is 16.3 Å². The molecule has 0 spiro atoms. The summed E-state index contributed by atoms with van der Waals surface area (Å²) in [7, 11) is 0. The Morgan fingerprint density at radius 2 is 2.36 bits per heavy atom. The molecule has 0 aliphatic heterocycles. The molecule has 0 heterocycles. The highest BCUT2D eigenvalue weighted by Crippen LogP contribution is 1.81. The summed E-state index contributed by atoms with van der Waals surface area (Å²) in [5, 5.41) is 0. The normalized spacial score (nSPS) is 12.2. The lowest BCUT2D eigenvalue weighted by Crippen LogP contribution is -2.41. The quantitative estimate of drug-likeness (QED) is 0.442. The van der Waals surface area contributed by atoms with Gasteiger partial charge in [0, 0.05) is 5.70 Å². The van der Waals surface area contributed by atoms with Crippen molar-refractivity contribution in [1.82, 2.24) is 5.48 Å². The Hall–Kier alpha value is -1.07. The molecular weight excluding hydrogens is 146 g/mol. The highest BCUT2D eigenvalue weighted by Gasteiger charge is 2.08. The molecule has 0 fully saturated rings. The van der Waals surface area contributed by atoms with E-state index in [0.717, 1.165) is 0 Å². The molecule has 1 unspecified atom stereocenters. The van der Waals surface area contributed by atoms with Crippen LogP contribution in [-0.2, 0) is 9.63 Å². The number of hydroxylamine groups is 1. The summed E-state index contributed by atoms with van der Waals surface area (Å²) in [4.78, 5) is 15.1. The van der Waals surface area contributed by atoms with Gasteiger partial charge in [0.05, 0.1) is 6.61 Å². The molecule has 0 aliphatic carbocycles. The zero-order chi connectivity index (χ0) is 8.85. The van der Waals surface area contributed by atoms with Gasteiger partial charge in [0.15, 0.2) is 0 Å². The van der Waals surface area contributed by atoms with Gasteiger partial charge in [-0.2, -0.15) is 0 Å². The molecule has 0 saturated carbocycles. The van der Waals surface area contributed by atoms with E-state index in [1.165, 1.54) is 0 Å². The first-order chi connectivity index (χ1) is 5.04. The lowest BCUT2D eigenvalue weighted by molar-refractivity contribution is -0.121. The average molecular weight is 159 g/mol. The first-order valence-electron chi connectivity index (χ1n) is 3.12. The number of carbonyl (C=O) groups excluding carboxylic acids is 1. The number of hydrogen-bond acceptors (Lipinski definition) is 4. The number of amides is 1. The molecule has 11 heavy (non-hydrogen) atoms. The summed E-state index contributed by atoms with van der Waals surface area (Å²) in [6.07, 6.45) is 0. The van der Waals surface area contributed by atoms with Crippen molar-refractivity contribution in [1.29, 1.82) is 0 Å². The minimum Gasteiger partial charge on any atom is -0.368 e. The third-order valence-corrected chi connectivity index (χ3v) is 0.875. The highest BCUT2D eigenvalue weighted by molar-refractivity contribution is 5.79. The summed E-state index contributed by atoms with van der Waals surface area (Å²) >= 11 is 0. The number of primary amides is 1. The van der Waals surface area contributed by atoms with Crippen molar-refractivity contribution in [3.63, 3.8) is 0 Å². The third-order valence-electron chi connectivity index (χ3n) is 0.875. The summed E-state index contributed by atoms with van der Waals surface area (Å²) in [6.45, 7) is 5.27. The fourth-order valence-electron chi connectivity index (χ4n) is 0.337. The molecule has 0 aromatic carbocycles.